The van der Waals surface area contributed by atoms with E-state index in [-0.39, 0.29) is 0 Å². The highest BCUT2D eigenvalue weighted by molar-refractivity contribution is 5.51. The van der Waals surface area contributed by atoms with Gasteiger partial charge in [-0.3, -0.25) is 0 Å². The lowest BCUT2D eigenvalue weighted by Gasteiger charge is -2.30. The summed E-state index contributed by atoms with van der Waals surface area (Å²) >= 11 is 0. The van der Waals surface area contributed by atoms with Crippen molar-refractivity contribution in [3.8, 4) is 0 Å². The van der Waals surface area contributed by atoms with Crippen molar-refractivity contribution in [2.24, 2.45) is 11.8 Å². The summed E-state index contributed by atoms with van der Waals surface area (Å²) in [5, 5.41) is 0. The van der Waals surface area contributed by atoms with Crippen molar-refractivity contribution in [1.82, 2.24) is 0 Å². The third-order valence-corrected chi connectivity index (χ3v) is 5.19. The van der Waals surface area contributed by atoms with Crippen LogP contribution in [0.5, 0.6) is 0 Å². The molecule has 110 valence electrons. The quantitative estimate of drug-likeness (QED) is 0.546. The van der Waals surface area contributed by atoms with Gasteiger partial charge in [0.05, 0.1) is 0 Å². The molecule has 0 heterocycles. The molecule has 0 aromatic rings. The first-order valence-electron chi connectivity index (χ1n) is 8.39. The molecule has 0 fully saturated rings. The van der Waals surface area contributed by atoms with Crippen molar-refractivity contribution in [2.45, 2.75) is 45.4 Å². The average Bonchev–Trinajstić information content (AvgIpc) is 2.42. The molecule has 0 aliphatic heterocycles. The van der Waals surface area contributed by atoms with Crippen LogP contribution >= 0.6 is 0 Å². The van der Waals surface area contributed by atoms with Gasteiger partial charge in [-0.1, -0.05) is 54.7 Å². The zero-order valence-electron chi connectivity index (χ0n) is 13.1. The maximum atomic E-state index is 4.13. The van der Waals surface area contributed by atoms with Crippen molar-refractivity contribution >= 4 is 0 Å². The van der Waals surface area contributed by atoms with E-state index in [0.717, 1.165) is 0 Å². The number of rotatable bonds is 1. The maximum Gasteiger partial charge on any atom is 0.00242 e. The Morgan fingerprint density at radius 1 is 1.10 bits per heavy atom. The van der Waals surface area contributed by atoms with Crippen LogP contribution < -0.4 is 0 Å². The van der Waals surface area contributed by atoms with Crippen molar-refractivity contribution in [1.29, 1.82) is 0 Å². The predicted octanol–water partition coefficient (Wildman–Crippen LogP) is 6.07. The molecule has 3 aliphatic rings. The third-order valence-electron chi connectivity index (χ3n) is 5.19. The molecule has 0 aromatic carbocycles. The maximum absolute atomic E-state index is 4.13. The minimum atomic E-state index is 0.574. The number of fused-ring (bicyclic) bond motifs is 4. The smallest absolute Gasteiger partial charge is 0.00242 e. The fourth-order valence-electron chi connectivity index (χ4n) is 3.95. The summed E-state index contributed by atoms with van der Waals surface area (Å²) in [7, 11) is 0. The molecule has 0 aromatic heterocycles. The molecule has 0 spiro atoms. The first-order valence-corrected chi connectivity index (χ1v) is 8.39. The van der Waals surface area contributed by atoms with Gasteiger partial charge in [0.25, 0.3) is 0 Å². The lowest BCUT2D eigenvalue weighted by atomic mass is 9.75. The van der Waals surface area contributed by atoms with Crippen LogP contribution in [0.3, 0.4) is 0 Å². The lowest BCUT2D eigenvalue weighted by Crippen LogP contribution is -2.15. The van der Waals surface area contributed by atoms with Gasteiger partial charge >= 0.3 is 0 Å². The molecule has 0 nitrogen and oxygen atoms in total. The average molecular weight is 278 g/mol. The molecule has 3 aliphatic carbocycles. The van der Waals surface area contributed by atoms with Crippen LogP contribution in [0.2, 0.25) is 0 Å². The minimum absolute atomic E-state index is 0.574. The van der Waals surface area contributed by atoms with Crippen molar-refractivity contribution in [3.05, 3.63) is 71.4 Å². The standard InChI is InChI=1S/C21H26/c1-3-19-16(2)17-10-8-9-11-18(15-14-17)20-12-6-4-5-7-13-21(19)20/h3,6,8-12,17-18H,1,4-5,7,13-15H2,2H3. The molecular weight excluding hydrogens is 252 g/mol. The zero-order valence-corrected chi connectivity index (χ0v) is 13.1. The van der Waals surface area contributed by atoms with Gasteiger partial charge < -0.3 is 0 Å². The summed E-state index contributed by atoms with van der Waals surface area (Å²) in [6, 6.07) is 0. The van der Waals surface area contributed by atoms with Gasteiger partial charge in [-0.25, -0.2) is 0 Å². The Morgan fingerprint density at radius 2 is 1.86 bits per heavy atom. The van der Waals surface area contributed by atoms with Gasteiger partial charge in [-0.2, -0.15) is 0 Å². The molecule has 0 radical (unpaired) electrons. The molecule has 0 heteroatoms. The first-order chi connectivity index (χ1) is 10.3. The van der Waals surface area contributed by atoms with Gasteiger partial charge in [-0.05, 0) is 68.1 Å². The van der Waals surface area contributed by atoms with Gasteiger partial charge in [0.15, 0.2) is 0 Å². The van der Waals surface area contributed by atoms with Gasteiger partial charge in [0, 0.05) is 5.92 Å². The van der Waals surface area contributed by atoms with E-state index in [1.165, 1.54) is 49.7 Å². The van der Waals surface area contributed by atoms with E-state index in [0.29, 0.717) is 11.8 Å². The minimum Gasteiger partial charge on any atom is -0.0985 e. The first kappa shape index (κ1) is 14.4. The molecular formula is C21H26. The van der Waals surface area contributed by atoms with Gasteiger partial charge in [0.1, 0.15) is 0 Å². The van der Waals surface area contributed by atoms with Crippen LogP contribution in [-0.2, 0) is 0 Å². The van der Waals surface area contributed by atoms with Crippen molar-refractivity contribution < 1.29 is 0 Å². The lowest BCUT2D eigenvalue weighted by molar-refractivity contribution is 0.549. The molecule has 21 heavy (non-hydrogen) atoms. The van der Waals surface area contributed by atoms with Crippen LogP contribution in [-0.4, -0.2) is 0 Å². The van der Waals surface area contributed by atoms with Crippen LogP contribution in [0.4, 0.5) is 0 Å². The number of hydrogen-bond donors (Lipinski definition) is 0. The normalized spacial score (nSPS) is 29.2. The Bertz CT molecular complexity index is 563. The van der Waals surface area contributed by atoms with Crippen LogP contribution in [0.1, 0.15) is 45.4 Å². The van der Waals surface area contributed by atoms with Gasteiger partial charge in [-0.15, -0.1) is 0 Å². The summed E-state index contributed by atoms with van der Waals surface area (Å²) < 4.78 is 0. The summed E-state index contributed by atoms with van der Waals surface area (Å²) in [5.41, 5.74) is 6.05. The molecule has 0 amide bonds. The summed E-state index contributed by atoms with van der Waals surface area (Å²) in [4.78, 5) is 0. The van der Waals surface area contributed by atoms with Crippen LogP contribution in [0.25, 0.3) is 0 Å². The van der Waals surface area contributed by atoms with Gasteiger partial charge in [0.2, 0.25) is 0 Å². The Balaban J connectivity index is 2.21. The largest absolute Gasteiger partial charge is 0.0985 e. The van der Waals surface area contributed by atoms with E-state index in [1.807, 2.05) is 0 Å². The molecule has 3 rings (SSSR count). The Hall–Kier alpha value is -1.56. The second-order valence-corrected chi connectivity index (χ2v) is 6.44. The Labute approximate surface area is 129 Å². The SMILES string of the molecule is C=CC1=C(C)C2C=CC=CC(CC2)C2=C1CCCCC=C2. The fraction of sp³-hybridized carbons (Fsp3) is 0.429. The Kier molecular flexibility index (Phi) is 4.43. The molecule has 2 atom stereocenters. The van der Waals surface area contributed by atoms with Crippen molar-refractivity contribution in [3.63, 3.8) is 0 Å². The topological polar surface area (TPSA) is 0 Å². The highest BCUT2D eigenvalue weighted by atomic mass is 14.3. The predicted molar refractivity (Wildman–Crippen MR) is 92.0 cm³/mol. The van der Waals surface area contributed by atoms with E-state index in [1.54, 1.807) is 11.1 Å². The fourth-order valence-corrected chi connectivity index (χ4v) is 3.95. The van der Waals surface area contributed by atoms with Crippen LogP contribution in [0.15, 0.2) is 71.4 Å². The zero-order chi connectivity index (χ0) is 14.7. The number of hydrogen-bond acceptors (Lipinski definition) is 0. The molecule has 2 bridgehead atoms. The molecule has 0 N–H and O–H groups in total. The second-order valence-electron chi connectivity index (χ2n) is 6.44. The molecule has 0 saturated heterocycles. The molecule has 0 saturated carbocycles. The van der Waals surface area contributed by atoms with Crippen molar-refractivity contribution in [2.75, 3.05) is 0 Å². The van der Waals surface area contributed by atoms with E-state index in [4.69, 9.17) is 0 Å². The van der Waals surface area contributed by atoms with E-state index < -0.39 is 0 Å². The molecule has 2 unspecified atom stereocenters. The highest BCUT2D eigenvalue weighted by Gasteiger charge is 2.24. The van der Waals surface area contributed by atoms with E-state index in [9.17, 15) is 0 Å². The van der Waals surface area contributed by atoms with E-state index >= 15 is 0 Å². The highest BCUT2D eigenvalue weighted by Crippen LogP contribution is 2.40. The third kappa shape index (κ3) is 2.90. The summed E-state index contributed by atoms with van der Waals surface area (Å²) in [6.45, 7) is 6.44. The monoisotopic (exact) mass is 278 g/mol. The van der Waals surface area contributed by atoms with E-state index in [2.05, 4.69) is 56.0 Å². The summed E-state index contributed by atoms with van der Waals surface area (Å²) in [5.74, 6) is 1.15. The Morgan fingerprint density at radius 3 is 2.67 bits per heavy atom. The van der Waals surface area contributed by atoms with Crippen LogP contribution in [0, 0.1) is 11.8 Å². The summed E-state index contributed by atoms with van der Waals surface area (Å²) in [6.07, 6.45) is 23.7. The number of allylic oxidation sites excluding steroid dienone is 11. The second kappa shape index (κ2) is 6.47.